The molecule has 2 N–H and O–H groups in total. The first-order valence-electron chi connectivity index (χ1n) is 7.17. The summed E-state index contributed by atoms with van der Waals surface area (Å²) in [7, 11) is 0. The Morgan fingerprint density at radius 3 is 2.70 bits per heavy atom. The third-order valence-electron chi connectivity index (χ3n) is 3.31. The summed E-state index contributed by atoms with van der Waals surface area (Å²) >= 11 is 1.58. The summed E-state index contributed by atoms with van der Waals surface area (Å²) in [6.07, 6.45) is 1.18. The van der Waals surface area contributed by atoms with E-state index < -0.39 is 0 Å². The minimum atomic E-state index is -0.252. The van der Waals surface area contributed by atoms with E-state index in [1.165, 1.54) is 12.1 Å². The lowest BCUT2D eigenvalue weighted by atomic mass is 10.1. The number of nitrogens with one attached hydrogen (secondary N) is 2. The maximum absolute atomic E-state index is 12.8. The quantitative estimate of drug-likeness (QED) is 0.729. The number of aromatic amines is 1. The Kier molecular flexibility index (Phi) is 4.77. The molecule has 0 saturated heterocycles. The predicted molar refractivity (Wildman–Crippen MR) is 88.4 cm³/mol. The Balaban J connectivity index is 1.57. The Morgan fingerprint density at radius 1 is 1.17 bits per heavy atom. The molecule has 0 spiro atoms. The van der Waals surface area contributed by atoms with Crippen molar-refractivity contribution in [3.8, 4) is 0 Å². The number of benzene rings is 1. The van der Waals surface area contributed by atoms with Crippen LogP contribution in [0.4, 0.5) is 10.3 Å². The minimum absolute atomic E-state index is 0.238. The van der Waals surface area contributed by atoms with Crippen molar-refractivity contribution in [1.82, 2.24) is 15.2 Å². The summed E-state index contributed by atoms with van der Waals surface area (Å²) in [5, 5.41) is 13.0. The Hall–Kier alpha value is -2.54. The fraction of sp³-hybridized carbons (Fsp3) is 0.188. The summed E-state index contributed by atoms with van der Waals surface area (Å²) in [6.45, 7) is 0.570. The van der Waals surface area contributed by atoms with Gasteiger partial charge in [-0.3, -0.25) is 9.78 Å². The van der Waals surface area contributed by atoms with Crippen molar-refractivity contribution in [3.63, 3.8) is 0 Å². The van der Waals surface area contributed by atoms with E-state index in [9.17, 15) is 9.18 Å². The van der Waals surface area contributed by atoms with E-state index in [1.807, 2.05) is 17.5 Å². The molecule has 0 radical (unpaired) electrons. The van der Waals surface area contributed by atoms with Gasteiger partial charge in [0.2, 0.25) is 5.95 Å². The number of aromatic nitrogens is 3. The summed E-state index contributed by atoms with van der Waals surface area (Å²) in [5.41, 5.74) is 1.16. The minimum Gasteiger partial charge on any atom is -0.354 e. The van der Waals surface area contributed by atoms with Crippen LogP contribution >= 0.6 is 11.3 Å². The topological polar surface area (TPSA) is 70.7 Å². The number of anilines is 1. The highest BCUT2D eigenvalue weighted by Gasteiger charge is 2.06. The van der Waals surface area contributed by atoms with E-state index in [0.29, 0.717) is 31.0 Å². The largest absolute Gasteiger partial charge is 0.354 e. The van der Waals surface area contributed by atoms with Crippen LogP contribution < -0.4 is 10.9 Å². The van der Waals surface area contributed by atoms with Gasteiger partial charge in [-0.05, 0) is 35.6 Å². The van der Waals surface area contributed by atoms with Crippen molar-refractivity contribution in [2.45, 2.75) is 12.8 Å². The van der Waals surface area contributed by atoms with Crippen molar-refractivity contribution < 1.29 is 4.39 Å². The normalized spacial score (nSPS) is 10.7. The molecule has 7 heteroatoms. The zero-order valence-electron chi connectivity index (χ0n) is 12.3. The second-order valence-corrected chi connectivity index (χ2v) is 6.04. The van der Waals surface area contributed by atoms with Gasteiger partial charge in [0.15, 0.2) is 0 Å². The average molecular weight is 330 g/mol. The number of H-pyrrole nitrogens is 1. The molecule has 1 aromatic carbocycles. The molecule has 0 aliphatic rings. The third kappa shape index (κ3) is 4.23. The average Bonchev–Trinajstić information content (AvgIpc) is 3.05. The fourth-order valence-electron chi connectivity index (χ4n) is 2.11. The summed E-state index contributed by atoms with van der Waals surface area (Å²) in [4.78, 5) is 15.8. The monoisotopic (exact) mass is 330 g/mol. The molecule has 0 aliphatic heterocycles. The van der Waals surface area contributed by atoms with E-state index in [1.54, 1.807) is 23.5 Å². The number of nitrogens with zero attached hydrogens (tertiary/aromatic N) is 2. The highest BCUT2D eigenvalue weighted by molar-refractivity contribution is 7.09. The summed E-state index contributed by atoms with van der Waals surface area (Å²) in [6, 6.07) is 10.2. The number of rotatable bonds is 6. The predicted octanol–water partition coefficient (Wildman–Crippen LogP) is 2.61. The molecule has 3 rings (SSSR count). The molecule has 0 saturated carbocycles. The standard InChI is InChI=1S/C16H15FN4OS/c17-12-5-3-11(4-6-12)7-8-18-16-19-15(22)14(20-21-16)10-13-2-1-9-23-13/h1-6,9H,7-8,10H2,(H2,18,19,21,22). The highest BCUT2D eigenvalue weighted by Crippen LogP contribution is 2.11. The SMILES string of the molecule is O=c1[nH]c(NCCc2ccc(F)cc2)nnc1Cc1cccs1. The van der Waals surface area contributed by atoms with Crippen LogP contribution in [-0.4, -0.2) is 21.7 Å². The molecule has 0 unspecified atom stereocenters. The van der Waals surface area contributed by atoms with Gasteiger partial charge < -0.3 is 5.32 Å². The van der Waals surface area contributed by atoms with E-state index in [4.69, 9.17) is 0 Å². The maximum atomic E-state index is 12.8. The van der Waals surface area contributed by atoms with Gasteiger partial charge in [-0.1, -0.05) is 18.2 Å². The first-order chi connectivity index (χ1) is 11.2. The molecule has 0 amide bonds. The molecule has 0 aliphatic carbocycles. The molecule has 23 heavy (non-hydrogen) atoms. The van der Waals surface area contributed by atoms with Crippen LogP contribution in [-0.2, 0) is 12.8 Å². The van der Waals surface area contributed by atoms with Crippen molar-refractivity contribution in [1.29, 1.82) is 0 Å². The van der Waals surface area contributed by atoms with Crippen molar-refractivity contribution in [2.24, 2.45) is 0 Å². The van der Waals surface area contributed by atoms with Gasteiger partial charge in [0, 0.05) is 17.8 Å². The maximum Gasteiger partial charge on any atom is 0.274 e. The van der Waals surface area contributed by atoms with Crippen LogP contribution in [0.2, 0.25) is 0 Å². The molecule has 2 heterocycles. The third-order valence-corrected chi connectivity index (χ3v) is 4.18. The number of hydrogen-bond acceptors (Lipinski definition) is 5. The van der Waals surface area contributed by atoms with Crippen LogP contribution in [0.3, 0.4) is 0 Å². The lowest BCUT2D eigenvalue weighted by Crippen LogP contribution is -2.20. The van der Waals surface area contributed by atoms with Gasteiger partial charge in [-0.2, -0.15) is 0 Å². The number of thiophene rings is 1. The lowest BCUT2D eigenvalue weighted by Gasteiger charge is -2.05. The zero-order valence-corrected chi connectivity index (χ0v) is 13.1. The van der Waals surface area contributed by atoms with Gasteiger partial charge in [0.05, 0.1) is 0 Å². The summed E-state index contributed by atoms with van der Waals surface area (Å²) < 4.78 is 12.8. The molecule has 0 fully saturated rings. The van der Waals surface area contributed by atoms with E-state index >= 15 is 0 Å². The van der Waals surface area contributed by atoms with Gasteiger partial charge in [0.25, 0.3) is 5.56 Å². The first kappa shape index (κ1) is 15.4. The fourth-order valence-corrected chi connectivity index (χ4v) is 2.82. The molecule has 0 bridgehead atoms. The van der Waals surface area contributed by atoms with Gasteiger partial charge in [0.1, 0.15) is 11.5 Å². The molecule has 5 nitrogen and oxygen atoms in total. The molecule has 2 aromatic heterocycles. The van der Waals surface area contributed by atoms with Crippen LogP contribution in [0, 0.1) is 5.82 Å². The van der Waals surface area contributed by atoms with Crippen LogP contribution in [0.1, 0.15) is 16.1 Å². The van der Waals surface area contributed by atoms with E-state index in [-0.39, 0.29) is 11.4 Å². The Bertz CT molecular complexity index is 815. The van der Waals surface area contributed by atoms with Crippen LogP contribution in [0.5, 0.6) is 0 Å². The van der Waals surface area contributed by atoms with Gasteiger partial charge >= 0.3 is 0 Å². The number of halogens is 1. The Morgan fingerprint density at radius 2 is 2.00 bits per heavy atom. The van der Waals surface area contributed by atoms with E-state index in [0.717, 1.165) is 10.4 Å². The summed E-state index contributed by atoms with van der Waals surface area (Å²) in [5.74, 6) is 0.0882. The second kappa shape index (κ2) is 7.15. The highest BCUT2D eigenvalue weighted by atomic mass is 32.1. The van der Waals surface area contributed by atoms with Gasteiger partial charge in [-0.15, -0.1) is 21.5 Å². The lowest BCUT2D eigenvalue weighted by molar-refractivity contribution is 0.627. The van der Waals surface area contributed by atoms with Crippen molar-refractivity contribution in [3.05, 3.63) is 74.1 Å². The van der Waals surface area contributed by atoms with Crippen molar-refractivity contribution in [2.75, 3.05) is 11.9 Å². The Labute approximate surface area is 136 Å². The van der Waals surface area contributed by atoms with Gasteiger partial charge in [-0.25, -0.2) is 4.39 Å². The molecule has 0 atom stereocenters. The molecular weight excluding hydrogens is 315 g/mol. The molecule has 3 aromatic rings. The zero-order chi connectivity index (χ0) is 16.1. The van der Waals surface area contributed by atoms with E-state index in [2.05, 4.69) is 20.5 Å². The number of hydrogen-bond donors (Lipinski definition) is 2. The molecular formula is C16H15FN4OS. The molecule has 118 valence electrons. The smallest absolute Gasteiger partial charge is 0.274 e. The second-order valence-electron chi connectivity index (χ2n) is 5.01. The van der Waals surface area contributed by atoms with Crippen molar-refractivity contribution >= 4 is 17.3 Å². The van der Waals surface area contributed by atoms with Crippen LogP contribution in [0.25, 0.3) is 0 Å². The van der Waals surface area contributed by atoms with Crippen LogP contribution in [0.15, 0.2) is 46.6 Å². The first-order valence-corrected chi connectivity index (χ1v) is 8.05.